The van der Waals surface area contributed by atoms with Crippen LogP contribution in [0.3, 0.4) is 0 Å². The Hall–Kier alpha value is -4.33. The molecule has 0 radical (unpaired) electrons. The first-order valence-electron chi connectivity index (χ1n) is 12.7. The van der Waals surface area contributed by atoms with Crippen molar-refractivity contribution in [3.8, 4) is 27.5 Å². The molecule has 1 fully saturated rings. The van der Waals surface area contributed by atoms with Crippen LogP contribution in [0.5, 0.6) is 0 Å². The van der Waals surface area contributed by atoms with E-state index in [1.807, 2.05) is 0 Å². The molecule has 6 rings (SSSR count). The summed E-state index contributed by atoms with van der Waals surface area (Å²) in [5.74, 6) is -3.08. The van der Waals surface area contributed by atoms with Crippen LogP contribution in [0.2, 0.25) is 0 Å². The van der Waals surface area contributed by atoms with Crippen molar-refractivity contribution in [1.82, 2.24) is 14.8 Å². The number of benzene rings is 3. The highest BCUT2D eigenvalue weighted by atomic mass is 32.2. The van der Waals surface area contributed by atoms with Gasteiger partial charge in [0.25, 0.3) is 0 Å². The molecule has 214 valence electrons. The molecule has 0 atom stereocenters. The smallest absolute Gasteiger partial charge is 0.355 e. The third-order valence-corrected chi connectivity index (χ3v) is 8.70. The number of carboxylic acid groups (broad SMARTS) is 1. The highest BCUT2D eigenvalue weighted by Gasteiger charge is 2.34. The van der Waals surface area contributed by atoms with E-state index < -0.39 is 33.4 Å². The number of carbonyl (C=O) groups is 1. The van der Waals surface area contributed by atoms with Crippen molar-refractivity contribution in [2.24, 2.45) is 5.14 Å². The lowest BCUT2D eigenvalue weighted by molar-refractivity contribution is 0.0691. The lowest BCUT2D eigenvalue weighted by Gasteiger charge is -2.11. The molecular weight excluding hydrogens is 589 g/mol. The number of hydrogen-bond acceptors (Lipinski definition) is 6. The maximum atomic E-state index is 15.2. The second-order valence-corrected chi connectivity index (χ2v) is 12.3. The van der Waals surface area contributed by atoms with Gasteiger partial charge in [0.2, 0.25) is 15.2 Å². The van der Waals surface area contributed by atoms with Gasteiger partial charge in [-0.15, -0.1) is 11.3 Å². The Morgan fingerprint density at radius 3 is 2.45 bits per heavy atom. The van der Waals surface area contributed by atoms with Gasteiger partial charge in [0.1, 0.15) is 17.5 Å². The second kappa shape index (κ2) is 10.5. The van der Waals surface area contributed by atoms with Crippen LogP contribution in [0.15, 0.2) is 70.9 Å². The van der Waals surface area contributed by atoms with Gasteiger partial charge in [0.05, 0.1) is 16.3 Å². The molecule has 0 amide bonds. The van der Waals surface area contributed by atoms with E-state index in [4.69, 9.17) is 10.2 Å². The second-order valence-electron chi connectivity index (χ2n) is 9.90. The van der Waals surface area contributed by atoms with Crippen LogP contribution in [0.25, 0.3) is 27.5 Å². The first-order valence-corrected chi connectivity index (χ1v) is 15.1. The minimum absolute atomic E-state index is 0.0122. The lowest BCUT2D eigenvalue weighted by atomic mass is 9.95. The van der Waals surface area contributed by atoms with E-state index in [0.717, 1.165) is 30.2 Å². The predicted octanol–water partition coefficient (Wildman–Crippen LogP) is 5.89. The van der Waals surface area contributed by atoms with E-state index in [2.05, 4.69) is 4.98 Å². The highest BCUT2D eigenvalue weighted by molar-refractivity contribution is 7.89. The van der Waals surface area contributed by atoms with Gasteiger partial charge in [-0.2, -0.15) is 5.10 Å². The number of halogens is 3. The number of aromatic carboxylic acids is 1. The number of thiazole rings is 1. The Morgan fingerprint density at radius 1 is 1.02 bits per heavy atom. The van der Waals surface area contributed by atoms with Crippen molar-refractivity contribution >= 4 is 27.3 Å². The minimum atomic E-state index is -4.13. The van der Waals surface area contributed by atoms with Crippen LogP contribution in [0, 0.1) is 17.5 Å². The molecule has 0 unspecified atom stereocenters. The summed E-state index contributed by atoms with van der Waals surface area (Å²) in [5, 5.41) is 21.1. The minimum Gasteiger partial charge on any atom is -0.476 e. The predicted molar refractivity (Wildman–Crippen MR) is 150 cm³/mol. The van der Waals surface area contributed by atoms with Gasteiger partial charge >= 0.3 is 5.97 Å². The molecule has 1 aliphatic carbocycles. The summed E-state index contributed by atoms with van der Waals surface area (Å²) in [4.78, 5) is 15.4. The zero-order chi connectivity index (χ0) is 29.8. The summed E-state index contributed by atoms with van der Waals surface area (Å²) in [7, 11) is -4.13. The normalized spacial score (nSPS) is 13.4. The van der Waals surface area contributed by atoms with Crippen molar-refractivity contribution in [2.45, 2.75) is 30.1 Å². The van der Waals surface area contributed by atoms with Crippen LogP contribution >= 0.6 is 11.3 Å². The lowest BCUT2D eigenvalue weighted by Crippen LogP contribution is -2.12. The number of hydrogen-bond donors (Lipinski definition) is 2. The van der Waals surface area contributed by atoms with E-state index in [0.29, 0.717) is 33.2 Å². The van der Waals surface area contributed by atoms with Gasteiger partial charge in [0, 0.05) is 34.4 Å². The fourth-order valence-electron chi connectivity index (χ4n) is 4.84. The summed E-state index contributed by atoms with van der Waals surface area (Å²) in [6.45, 7) is 0. The third-order valence-electron chi connectivity index (χ3n) is 6.98. The van der Waals surface area contributed by atoms with Crippen molar-refractivity contribution in [3.63, 3.8) is 0 Å². The maximum absolute atomic E-state index is 15.2. The number of rotatable bonds is 8. The van der Waals surface area contributed by atoms with E-state index >= 15 is 4.39 Å². The molecule has 13 heteroatoms. The number of sulfonamides is 1. The molecule has 2 heterocycles. The molecular formula is C29H21F3N4O4S2. The van der Waals surface area contributed by atoms with Gasteiger partial charge in [-0.1, -0.05) is 18.2 Å². The standard InChI is InChI=1S/C29H21F3N4O4S2/c30-19-3-1-2-16(10-19)21-12-18(7-9-23(21)31)26-22(11-17-6-8-20(13-24(17)32)42(33,39)40)27(15-4-5-15)36(35-26)29-34-25(14-41-29)28(37)38/h1-3,6-10,12-15H,4-5,11H2,(H,37,38)(H2,33,39,40). The number of nitrogens with two attached hydrogens (primary N) is 1. The molecule has 0 bridgehead atoms. The number of aromatic nitrogens is 3. The highest BCUT2D eigenvalue weighted by Crippen LogP contribution is 2.46. The zero-order valence-electron chi connectivity index (χ0n) is 21.6. The topological polar surface area (TPSA) is 128 Å². The average molecular weight is 611 g/mol. The molecule has 1 aliphatic rings. The largest absolute Gasteiger partial charge is 0.476 e. The van der Waals surface area contributed by atoms with Crippen LogP contribution in [-0.4, -0.2) is 34.3 Å². The molecule has 0 saturated heterocycles. The first kappa shape index (κ1) is 27.8. The van der Waals surface area contributed by atoms with E-state index in [-0.39, 0.29) is 34.1 Å². The molecule has 8 nitrogen and oxygen atoms in total. The molecule has 42 heavy (non-hydrogen) atoms. The Morgan fingerprint density at radius 2 is 1.81 bits per heavy atom. The summed E-state index contributed by atoms with van der Waals surface area (Å²) >= 11 is 1.08. The third kappa shape index (κ3) is 5.33. The molecule has 3 N–H and O–H groups in total. The SMILES string of the molecule is NS(=O)(=O)c1ccc(Cc2c(-c3ccc(F)c(-c4cccc(F)c4)c3)nn(-c3nc(C(=O)O)cs3)c2C2CC2)c(F)c1. The van der Waals surface area contributed by atoms with E-state index in [9.17, 15) is 27.1 Å². The molecule has 5 aromatic rings. The van der Waals surface area contributed by atoms with Crippen LogP contribution in [0.1, 0.15) is 46.1 Å². The van der Waals surface area contributed by atoms with Crippen molar-refractivity contribution < 1.29 is 31.5 Å². The van der Waals surface area contributed by atoms with Gasteiger partial charge < -0.3 is 5.11 Å². The molecule has 0 aliphatic heterocycles. The van der Waals surface area contributed by atoms with E-state index in [1.165, 1.54) is 53.9 Å². The van der Waals surface area contributed by atoms with Crippen LogP contribution in [0.4, 0.5) is 13.2 Å². The zero-order valence-corrected chi connectivity index (χ0v) is 23.2. The summed E-state index contributed by atoms with van der Waals surface area (Å²) in [6.07, 6.45) is 1.60. The number of carboxylic acids is 1. The van der Waals surface area contributed by atoms with Crippen molar-refractivity contribution in [2.75, 3.05) is 0 Å². The molecule has 0 spiro atoms. The van der Waals surface area contributed by atoms with Crippen LogP contribution in [-0.2, 0) is 16.4 Å². The Balaban J connectivity index is 1.55. The number of nitrogens with zero attached hydrogens (tertiary/aromatic N) is 3. The van der Waals surface area contributed by atoms with Crippen LogP contribution < -0.4 is 5.14 Å². The Bertz CT molecular complexity index is 1980. The average Bonchev–Trinajstić information content (AvgIpc) is 3.52. The summed E-state index contributed by atoms with van der Waals surface area (Å²) in [5.41, 5.74) is 2.57. The fourth-order valence-corrected chi connectivity index (χ4v) is 6.13. The summed E-state index contributed by atoms with van der Waals surface area (Å²) in [6, 6.07) is 13.2. The van der Waals surface area contributed by atoms with Gasteiger partial charge in [-0.25, -0.2) is 41.2 Å². The number of primary sulfonamides is 1. The first-order chi connectivity index (χ1) is 20.0. The van der Waals surface area contributed by atoms with Gasteiger partial charge in [-0.3, -0.25) is 0 Å². The fraction of sp³-hybridized carbons (Fsp3) is 0.138. The Kier molecular flexibility index (Phi) is 6.95. The monoisotopic (exact) mass is 610 g/mol. The molecule has 1 saturated carbocycles. The Labute approximate surface area is 241 Å². The van der Waals surface area contributed by atoms with Gasteiger partial charge in [-0.05, 0) is 66.4 Å². The molecule has 3 aromatic carbocycles. The summed E-state index contributed by atoms with van der Waals surface area (Å²) < 4.78 is 69.2. The van der Waals surface area contributed by atoms with E-state index in [1.54, 1.807) is 10.7 Å². The van der Waals surface area contributed by atoms with Gasteiger partial charge in [0.15, 0.2) is 5.69 Å². The quantitative estimate of drug-likeness (QED) is 0.225. The molecule has 2 aromatic heterocycles. The van der Waals surface area contributed by atoms with Crippen molar-refractivity contribution in [1.29, 1.82) is 0 Å². The maximum Gasteiger partial charge on any atom is 0.355 e. The van der Waals surface area contributed by atoms with Crippen molar-refractivity contribution in [3.05, 3.63) is 106 Å².